The Balaban J connectivity index is 1.58. The Kier molecular flexibility index (Phi) is 4.26. The van der Waals surface area contributed by atoms with E-state index in [0.29, 0.717) is 19.3 Å². The Morgan fingerprint density at radius 2 is 1.90 bits per heavy atom. The summed E-state index contributed by atoms with van der Waals surface area (Å²) in [7, 11) is 0. The van der Waals surface area contributed by atoms with E-state index in [4.69, 9.17) is 9.47 Å². The number of rotatable bonds is 4. The van der Waals surface area contributed by atoms with Crippen molar-refractivity contribution in [2.45, 2.75) is 63.7 Å². The molecule has 1 unspecified atom stereocenters. The molecule has 0 amide bonds. The highest BCUT2D eigenvalue weighted by molar-refractivity contribution is 5.75. The van der Waals surface area contributed by atoms with Gasteiger partial charge >= 0.3 is 5.97 Å². The quantitative estimate of drug-likeness (QED) is 0.862. The zero-order chi connectivity index (χ0) is 14.9. The maximum Gasteiger partial charge on any atom is 0.310 e. The molecular formula is C16H27NO4. The molecule has 1 atom stereocenters. The lowest BCUT2D eigenvalue weighted by molar-refractivity contribution is -0.183. The largest absolute Gasteiger partial charge is 0.481 e. The summed E-state index contributed by atoms with van der Waals surface area (Å²) in [5.74, 6) is -0.926. The fourth-order valence-corrected chi connectivity index (χ4v) is 4.37. The minimum absolute atomic E-state index is 0.316. The molecule has 0 aromatic heterocycles. The molecule has 21 heavy (non-hydrogen) atoms. The number of likely N-dealkylation sites (tertiary alicyclic amines) is 1. The van der Waals surface area contributed by atoms with Crippen molar-refractivity contribution >= 4 is 5.97 Å². The van der Waals surface area contributed by atoms with E-state index in [0.717, 1.165) is 58.0 Å². The smallest absolute Gasteiger partial charge is 0.310 e. The van der Waals surface area contributed by atoms with E-state index in [9.17, 15) is 9.90 Å². The van der Waals surface area contributed by atoms with Crippen LogP contribution in [0, 0.1) is 5.41 Å². The average Bonchev–Trinajstić information content (AvgIpc) is 3.09. The van der Waals surface area contributed by atoms with Crippen LogP contribution in [0.5, 0.6) is 0 Å². The maximum atomic E-state index is 11.7. The zero-order valence-corrected chi connectivity index (χ0v) is 13.0. The number of carboxylic acid groups (broad SMARTS) is 1. The summed E-state index contributed by atoms with van der Waals surface area (Å²) in [4.78, 5) is 14.1. The molecule has 120 valence electrons. The first kappa shape index (κ1) is 15.3. The third kappa shape index (κ3) is 2.83. The van der Waals surface area contributed by atoms with Crippen molar-refractivity contribution in [2.24, 2.45) is 5.41 Å². The fourth-order valence-electron chi connectivity index (χ4n) is 4.37. The van der Waals surface area contributed by atoms with Crippen molar-refractivity contribution in [1.29, 1.82) is 0 Å². The van der Waals surface area contributed by atoms with Crippen LogP contribution in [0.3, 0.4) is 0 Å². The Morgan fingerprint density at radius 3 is 2.48 bits per heavy atom. The molecule has 3 fully saturated rings. The molecule has 1 aliphatic carbocycles. The second-order valence-electron chi connectivity index (χ2n) is 6.89. The lowest BCUT2D eigenvalue weighted by Crippen LogP contribution is -2.45. The molecule has 2 heterocycles. The van der Waals surface area contributed by atoms with Gasteiger partial charge in [0.25, 0.3) is 0 Å². The van der Waals surface area contributed by atoms with Crippen LogP contribution in [0.2, 0.25) is 0 Å². The van der Waals surface area contributed by atoms with Crippen molar-refractivity contribution in [2.75, 3.05) is 26.3 Å². The normalized spacial score (nSPS) is 33.8. The van der Waals surface area contributed by atoms with E-state index in [-0.39, 0.29) is 5.79 Å². The molecule has 1 saturated carbocycles. The van der Waals surface area contributed by atoms with Crippen LogP contribution in [0.1, 0.15) is 51.9 Å². The number of hydrogen-bond acceptors (Lipinski definition) is 4. The number of hydrogen-bond donors (Lipinski definition) is 1. The lowest BCUT2D eigenvalue weighted by atomic mass is 9.82. The van der Waals surface area contributed by atoms with E-state index in [1.807, 2.05) is 0 Å². The van der Waals surface area contributed by atoms with Gasteiger partial charge in [0.2, 0.25) is 0 Å². The van der Waals surface area contributed by atoms with Crippen LogP contribution >= 0.6 is 0 Å². The second kappa shape index (κ2) is 5.86. The van der Waals surface area contributed by atoms with Crippen LogP contribution in [-0.4, -0.2) is 54.1 Å². The van der Waals surface area contributed by atoms with Gasteiger partial charge in [-0.05, 0) is 32.2 Å². The molecule has 1 N–H and O–H groups in total. The standard InChI is InChI=1S/C16H27NO4/c1-2-5-15(14(18)19)8-9-17(12-15)13-3-6-16(7-4-13)20-10-11-21-16/h13H,2-12H2,1H3,(H,18,19). The third-order valence-electron chi connectivity index (χ3n) is 5.61. The van der Waals surface area contributed by atoms with Gasteiger partial charge in [-0.2, -0.15) is 0 Å². The Bertz CT molecular complexity index is 384. The minimum atomic E-state index is -0.610. The topological polar surface area (TPSA) is 59.0 Å². The van der Waals surface area contributed by atoms with Gasteiger partial charge < -0.3 is 14.6 Å². The summed E-state index contributed by atoms with van der Waals surface area (Å²) in [6.45, 7) is 5.15. The van der Waals surface area contributed by atoms with Crippen LogP contribution in [0.4, 0.5) is 0 Å². The van der Waals surface area contributed by atoms with Gasteiger partial charge in [0.05, 0.1) is 18.6 Å². The Labute approximate surface area is 126 Å². The van der Waals surface area contributed by atoms with Crippen LogP contribution in [-0.2, 0) is 14.3 Å². The highest BCUT2D eigenvalue weighted by atomic mass is 16.7. The van der Waals surface area contributed by atoms with Gasteiger partial charge in [0, 0.05) is 25.4 Å². The molecule has 2 saturated heterocycles. The molecular weight excluding hydrogens is 270 g/mol. The first-order chi connectivity index (χ1) is 10.1. The number of carbonyl (C=O) groups is 1. The summed E-state index contributed by atoms with van der Waals surface area (Å²) in [5, 5.41) is 9.61. The van der Waals surface area contributed by atoms with Gasteiger partial charge in [0.15, 0.2) is 5.79 Å². The third-order valence-corrected chi connectivity index (χ3v) is 5.61. The van der Waals surface area contributed by atoms with Crippen molar-refractivity contribution in [3.63, 3.8) is 0 Å². The SMILES string of the molecule is CCCC1(C(=O)O)CCN(C2CCC3(CC2)OCCO3)C1. The molecule has 5 heteroatoms. The predicted octanol–water partition coefficient (Wildman–Crippen LogP) is 2.25. The van der Waals surface area contributed by atoms with Crippen LogP contribution in [0.25, 0.3) is 0 Å². The highest BCUT2D eigenvalue weighted by Gasteiger charge is 2.48. The fraction of sp³-hybridized carbons (Fsp3) is 0.938. The van der Waals surface area contributed by atoms with Gasteiger partial charge in [-0.15, -0.1) is 0 Å². The predicted molar refractivity (Wildman–Crippen MR) is 78.1 cm³/mol. The average molecular weight is 297 g/mol. The first-order valence-corrected chi connectivity index (χ1v) is 8.35. The van der Waals surface area contributed by atoms with Crippen molar-refractivity contribution in [3.05, 3.63) is 0 Å². The van der Waals surface area contributed by atoms with Gasteiger partial charge in [-0.3, -0.25) is 9.69 Å². The maximum absolute atomic E-state index is 11.7. The minimum Gasteiger partial charge on any atom is -0.481 e. The van der Waals surface area contributed by atoms with Gasteiger partial charge in [0.1, 0.15) is 0 Å². The summed E-state index contributed by atoms with van der Waals surface area (Å²) in [5.41, 5.74) is -0.510. The Hall–Kier alpha value is -0.650. The number of nitrogens with zero attached hydrogens (tertiary/aromatic N) is 1. The first-order valence-electron chi connectivity index (χ1n) is 8.35. The molecule has 2 aliphatic heterocycles. The lowest BCUT2D eigenvalue weighted by Gasteiger charge is -2.39. The molecule has 5 nitrogen and oxygen atoms in total. The summed E-state index contributed by atoms with van der Waals surface area (Å²) < 4.78 is 11.6. The second-order valence-corrected chi connectivity index (χ2v) is 6.89. The summed E-state index contributed by atoms with van der Waals surface area (Å²) >= 11 is 0. The molecule has 3 aliphatic rings. The van der Waals surface area contributed by atoms with E-state index in [2.05, 4.69) is 11.8 Å². The van der Waals surface area contributed by atoms with Gasteiger partial charge in [-0.25, -0.2) is 0 Å². The van der Waals surface area contributed by atoms with E-state index in [1.54, 1.807) is 0 Å². The zero-order valence-electron chi connectivity index (χ0n) is 13.0. The van der Waals surface area contributed by atoms with Crippen molar-refractivity contribution in [1.82, 2.24) is 4.90 Å². The number of ether oxygens (including phenoxy) is 2. The molecule has 1 spiro atoms. The molecule has 0 radical (unpaired) electrons. The number of carboxylic acids is 1. The summed E-state index contributed by atoms with van der Waals surface area (Å²) in [6, 6.07) is 0.501. The van der Waals surface area contributed by atoms with Crippen molar-refractivity contribution in [3.8, 4) is 0 Å². The molecule has 0 aromatic rings. The Morgan fingerprint density at radius 1 is 1.24 bits per heavy atom. The molecule has 3 rings (SSSR count). The molecule has 0 aromatic carbocycles. The van der Waals surface area contributed by atoms with E-state index >= 15 is 0 Å². The monoisotopic (exact) mass is 297 g/mol. The van der Waals surface area contributed by atoms with Crippen molar-refractivity contribution < 1.29 is 19.4 Å². The number of aliphatic carboxylic acids is 1. The van der Waals surface area contributed by atoms with Crippen LogP contribution < -0.4 is 0 Å². The summed E-state index contributed by atoms with van der Waals surface area (Å²) in [6.07, 6.45) is 6.54. The van der Waals surface area contributed by atoms with E-state index in [1.165, 1.54) is 0 Å². The van der Waals surface area contributed by atoms with Crippen LogP contribution in [0.15, 0.2) is 0 Å². The van der Waals surface area contributed by atoms with Gasteiger partial charge in [-0.1, -0.05) is 13.3 Å². The molecule has 0 bridgehead atoms. The van der Waals surface area contributed by atoms with E-state index < -0.39 is 11.4 Å². The highest BCUT2D eigenvalue weighted by Crippen LogP contribution is 2.42.